The molecule has 1 aliphatic heterocycles. The molecule has 2 heterocycles. The average molecular weight is 297 g/mol. The third-order valence-corrected chi connectivity index (χ3v) is 3.64. The van der Waals surface area contributed by atoms with Crippen LogP contribution >= 0.6 is 15.9 Å². The highest BCUT2D eigenvalue weighted by Gasteiger charge is 2.22. The van der Waals surface area contributed by atoms with Crippen LogP contribution in [0.1, 0.15) is 5.56 Å². The van der Waals surface area contributed by atoms with Crippen LogP contribution in [0, 0.1) is 6.92 Å². The van der Waals surface area contributed by atoms with Crippen molar-refractivity contribution in [2.45, 2.75) is 6.92 Å². The number of nitrogen functional groups attached to an aromatic ring is 1. The molecule has 0 fully saturated rings. The second-order valence-electron chi connectivity index (χ2n) is 3.71. The van der Waals surface area contributed by atoms with Gasteiger partial charge in [0.05, 0.1) is 0 Å². The van der Waals surface area contributed by atoms with E-state index in [2.05, 4.69) is 21.1 Å². The van der Waals surface area contributed by atoms with E-state index in [0.717, 1.165) is 21.3 Å². The molecule has 5 nitrogen and oxygen atoms in total. The van der Waals surface area contributed by atoms with E-state index in [1.54, 1.807) is 6.07 Å². The fourth-order valence-corrected chi connectivity index (χ4v) is 2.27. The van der Waals surface area contributed by atoms with E-state index in [1.807, 2.05) is 13.0 Å². The fourth-order valence-electron chi connectivity index (χ4n) is 1.78. The van der Waals surface area contributed by atoms with Gasteiger partial charge in [0.2, 0.25) is 6.79 Å². The number of benzene rings is 1. The van der Waals surface area contributed by atoms with E-state index in [4.69, 9.17) is 19.7 Å². The molecule has 17 heavy (non-hydrogen) atoms. The number of nitrogens with zero attached hydrogens (tertiary/aromatic N) is 1. The Kier molecular flexibility index (Phi) is 2.25. The third kappa shape index (κ3) is 1.56. The van der Waals surface area contributed by atoms with Crippen molar-refractivity contribution in [1.82, 2.24) is 5.16 Å². The highest BCUT2D eigenvalue weighted by atomic mass is 79.9. The van der Waals surface area contributed by atoms with Crippen LogP contribution in [-0.4, -0.2) is 11.9 Å². The van der Waals surface area contributed by atoms with Gasteiger partial charge in [-0.1, -0.05) is 5.16 Å². The molecule has 1 aromatic heterocycles. The summed E-state index contributed by atoms with van der Waals surface area (Å²) in [7, 11) is 0. The number of nitrogens with two attached hydrogens (primary N) is 1. The number of fused-ring (bicyclic) bond motifs is 1. The van der Waals surface area contributed by atoms with Crippen LogP contribution in [0.25, 0.3) is 11.3 Å². The van der Waals surface area contributed by atoms with Crippen molar-refractivity contribution in [3.63, 3.8) is 0 Å². The maximum Gasteiger partial charge on any atom is 0.231 e. The van der Waals surface area contributed by atoms with E-state index in [1.165, 1.54) is 0 Å². The topological polar surface area (TPSA) is 70.5 Å². The lowest BCUT2D eigenvalue weighted by molar-refractivity contribution is 0.173. The molecule has 1 aliphatic rings. The van der Waals surface area contributed by atoms with Gasteiger partial charge < -0.3 is 19.7 Å². The normalized spacial score (nSPS) is 13.1. The first-order valence-electron chi connectivity index (χ1n) is 4.98. The molecule has 1 aromatic carbocycles. The predicted molar refractivity (Wildman–Crippen MR) is 64.9 cm³/mol. The molecule has 0 unspecified atom stereocenters. The van der Waals surface area contributed by atoms with Crippen LogP contribution in [0.15, 0.2) is 21.1 Å². The maximum atomic E-state index is 5.54. The largest absolute Gasteiger partial charge is 0.454 e. The Bertz CT molecular complexity index is 595. The van der Waals surface area contributed by atoms with E-state index in [9.17, 15) is 0 Å². The lowest BCUT2D eigenvalue weighted by Gasteiger charge is -2.07. The zero-order chi connectivity index (χ0) is 12.0. The van der Waals surface area contributed by atoms with E-state index in [-0.39, 0.29) is 6.79 Å². The zero-order valence-corrected chi connectivity index (χ0v) is 10.6. The molecule has 2 N–H and O–H groups in total. The molecule has 0 aliphatic carbocycles. The summed E-state index contributed by atoms with van der Waals surface area (Å²) in [6.07, 6.45) is 0. The number of anilines is 1. The summed E-state index contributed by atoms with van der Waals surface area (Å²) in [5, 5.41) is 3.67. The Labute approximate surface area is 106 Å². The monoisotopic (exact) mass is 296 g/mol. The summed E-state index contributed by atoms with van der Waals surface area (Å²) in [6, 6.07) is 3.51. The number of ether oxygens (including phenoxy) is 2. The molecule has 2 aromatic rings. The molecule has 0 spiro atoms. The van der Waals surface area contributed by atoms with Crippen LogP contribution in [0.4, 0.5) is 5.82 Å². The summed E-state index contributed by atoms with van der Waals surface area (Å²) in [4.78, 5) is 0. The predicted octanol–water partition coefficient (Wildman–Crippen LogP) is 2.72. The standard InChI is InChI=1S/C11H9BrN2O3/c1-5-10(12)6(7-3-9(13)14-17-7)2-8-11(5)16-4-15-8/h2-3H,4H2,1H3,(H2,13,14). The van der Waals surface area contributed by atoms with Crippen molar-refractivity contribution in [3.8, 4) is 22.8 Å². The van der Waals surface area contributed by atoms with E-state index >= 15 is 0 Å². The van der Waals surface area contributed by atoms with Crippen molar-refractivity contribution < 1.29 is 14.0 Å². The quantitative estimate of drug-likeness (QED) is 0.876. The van der Waals surface area contributed by atoms with Gasteiger partial charge in [-0.25, -0.2) is 0 Å². The number of hydrogen-bond acceptors (Lipinski definition) is 5. The Morgan fingerprint density at radius 2 is 2.18 bits per heavy atom. The van der Waals surface area contributed by atoms with Crippen LogP contribution in [-0.2, 0) is 0 Å². The Morgan fingerprint density at radius 3 is 2.88 bits per heavy atom. The van der Waals surface area contributed by atoms with Gasteiger partial charge in [0, 0.05) is 21.7 Å². The number of hydrogen-bond donors (Lipinski definition) is 1. The molecule has 0 saturated heterocycles. The Hall–Kier alpha value is -1.69. The minimum absolute atomic E-state index is 0.241. The van der Waals surface area contributed by atoms with Crippen LogP contribution in [0.5, 0.6) is 11.5 Å². The van der Waals surface area contributed by atoms with Crippen molar-refractivity contribution >= 4 is 21.7 Å². The molecule has 0 bridgehead atoms. The first-order valence-corrected chi connectivity index (χ1v) is 5.77. The molecule has 0 saturated carbocycles. The Morgan fingerprint density at radius 1 is 1.35 bits per heavy atom. The molecule has 0 amide bonds. The van der Waals surface area contributed by atoms with Crippen molar-refractivity contribution in [2.24, 2.45) is 0 Å². The van der Waals surface area contributed by atoms with Gasteiger partial charge in [0.1, 0.15) is 0 Å². The highest BCUT2D eigenvalue weighted by Crippen LogP contribution is 2.44. The lowest BCUT2D eigenvalue weighted by atomic mass is 10.1. The summed E-state index contributed by atoms with van der Waals surface area (Å²) < 4.78 is 16.8. The van der Waals surface area contributed by atoms with Gasteiger partial charge in [0.15, 0.2) is 23.1 Å². The smallest absolute Gasteiger partial charge is 0.231 e. The first kappa shape index (κ1) is 10.5. The van der Waals surface area contributed by atoms with Crippen LogP contribution < -0.4 is 15.2 Å². The van der Waals surface area contributed by atoms with Crippen LogP contribution in [0.2, 0.25) is 0 Å². The average Bonchev–Trinajstić information content (AvgIpc) is 2.91. The second kappa shape index (κ2) is 3.66. The van der Waals surface area contributed by atoms with Gasteiger partial charge in [0.25, 0.3) is 0 Å². The van der Waals surface area contributed by atoms with Crippen LogP contribution in [0.3, 0.4) is 0 Å². The lowest BCUT2D eigenvalue weighted by Crippen LogP contribution is -1.93. The molecule has 0 atom stereocenters. The van der Waals surface area contributed by atoms with Gasteiger partial charge in [-0.05, 0) is 28.9 Å². The Balaban J connectivity index is 2.21. The van der Waals surface area contributed by atoms with E-state index < -0.39 is 0 Å². The fraction of sp³-hybridized carbons (Fsp3) is 0.182. The zero-order valence-electron chi connectivity index (χ0n) is 8.99. The SMILES string of the molecule is Cc1c(Br)c(-c2cc(N)no2)cc2c1OCO2. The molecule has 6 heteroatoms. The number of aromatic nitrogens is 1. The summed E-state index contributed by atoms with van der Waals surface area (Å²) in [5.74, 6) is 2.40. The molecular weight excluding hydrogens is 288 g/mol. The minimum Gasteiger partial charge on any atom is -0.454 e. The summed E-state index contributed by atoms with van der Waals surface area (Å²) >= 11 is 3.52. The van der Waals surface area contributed by atoms with Crippen molar-refractivity contribution in [3.05, 3.63) is 22.2 Å². The molecular formula is C11H9BrN2O3. The van der Waals surface area contributed by atoms with Crippen molar-refractivity contribution in [1.29, 1.82) is 0 Å². The van der Waals surface area contributed by atoms with Gasteiger partial charge in [-0.2, -0.15) is 0 Å². The molecule has 88 valence electrons. The number of rotatable bonds is 1. The third-order valence-electron chi connectivity index (χ3n) is 2.62. The summed E-state index contributed by atoms with van der Waals surface area (Å²) in [5.41, 5.74) is 7.35. The van der Waals surface area contributed by atoms with Crippen molar-refractivity contribution in [2.75, 3.05) is 12.5 Å². The minimum atomic E-state index is 0.241. The molecule has 0 radical (unpaired) electrons. The number of halogens is 1. The maximum absolute atomic E-state index is 5.54. The summed E-state index contributed by atoms with van der Waals surface area (Å²) in [6.45, 7) is 2.19. The first-order chi connectivity index (χ1) is 8.16. The van der Waals surface area contributed by atoms with Gasteiger partial charge in [-0.3, -0.25) is 0 Å². The second-order valence-corrected chi connectivity index (χ2v) is 4.51. The highest BCUT2D eigenvalue weighted by molar-refractivity contribution is 9.10. The van der Waals surface area contributed by atoms with E-state index in [0.29, 0.717) is 17.3 Å². The molecule has 3 rings (SSSR count). The van der Waals surface area contributed by atoms with Gasteiger partial charge >= 0.3 is 0 Å². The van der Waals surface area contributed by atoms with Gasteiger partial charge in [-0.15, -0.1) is 0 Å².